The number of allylic oxidation sites excluding steroid dienone is 1. The third kappa shape index (κ3) is 4.37. The van der Waals surface area contributed by atoms with E-state index >= 15 is 0 Å². The van der Waals surface area contributed by atoms with Gasteiger partial charge in [-0.15, -0.1) is 0 Å². The van der Waals surface area contributed by atoms with Gasteiger partial charge in [0, 0.05) is 35.3 Å². The Kier molecular flexibility index (Phi) is 6.32. The summed E-state index contributed by atoms with van der Waals surface area (Å²) in [6.45, 7) is 33.1. The molecule has 29 heavy (non-hydrogen) atoms. The number of fused-ring (bicyclic) bond motifs is 1. The van der Waals surface area contributed by atoms with E-state index in [9.17, 15) is 0 Å². The van der Waals surface area contributed by atoms with Gasteiger partial charge in [0.15, 0.2) is 0 Å². The Morgan fingerprint density at radius 1 is 1.00 bits per heavy atom. The number of hydrogen-bond donors (Lipinski definition) is 0. The van der Waals surface area contributed by atoms with Gasteiger partial charge in [-0.2, -0.15) is 5.06 Å². The fraction of sp³-hybridized carbons (Fsp3) is 0.769. The van der Waals surface area contributed by atoms with Crippen LogP contribution >= 0.6 is 0 Å². The third-order valence-electron chi connectivity index (χ3n) is 6.61. The summed E-state index contributed by atoms with van der Waals surface area (Å²) in [4.78, 5) is 6.24. The van der Waals surface area contributed by atoms with Gasteiger partial charge in [0.2, 0.25) is 0 Å². The van der Waals surface area contributed by atoms with Gasteiger partial charge in [-0.3, -0.25) is 4.84 Å². The summed E-state index contributed by atoms with van der Waals surface area (Å²) in [5.41, 5.74) is 7.01. The summed E-state index contributed by atoms with van der Waals surface area (Å²) in [7, 11) is 2.09. The Morgan fingerprint density at radius 3 is 1.90 bits per heavy atom. The molecule has 1 aromatic rings. The van der Waals surface area contributed by atoms with E-state index in [-0.39, 0.29) is 22.4 Å². The van der Waals surface area contributed by atoms with Crippen LogP contribution in [0, 0.1) is 16.7 Å². The van der Waals surface area contributed by atoms with Crippen LogP contribution in [0.3, 0.4) is 0 Å². The molecule has 1 aromatic heterocycles. The van der Waals surface area contributed by atoms with Crippen molar-refractivity contribution in [2.45, 2.75) is 107 Å². The lowest BCUT2D eigenvalue weighted by Gasteiger charge is -2.42. The SMILES string of the molecule is C=C(c1c2c(n(C(C)(C)C)c1[C@@H](C)C(C)(C)C)CON(C)C2C(C)(C)C)C(C)C. The Hall–Kier alpha value is -1.06. The lowest BCUT2D eigenvalue weighted by atomic mass is 9.74. The maximum Gasteiger partial charge on any atom is 0.109 e. The molecule has 1 aliphatic rings. The third-order valence-corrected chi connectivity index (χ3v) is 6.61. The summed E-state index contributed by atoms with van der Waals surface area (Å²) in [5.74, 6) is 0.790. The second-order valence-corrected chi connectivity index (χ2v) is 12.5. The van der Waals surface area contributed by atoms with E-state index in [1.807, 2.05) is 0 Å². The lowest BCUT2D eigenvalue weighted by Crippen LogP contribution is -2.39. The molecule has 2 heterocycles. The topological polar surface area (TPSA) is 17.4 Å². The van der Waals surface area contributed by atoms with Crippen molar-refractivity contribution in [3.63, 3.8) is 0 Å². The number of nitrogens with zero attached hydrogens (tertiary/aromatic N) is 2. The maximum absolute atomic E-state index is 6.24. The summed E-state index contributed by atoms with van der Waals surface area (Å²) >= 11 is 0. The Balaban J connectivity index is 3.06. The van der Waals surface area contributed by atoms with E-state index in [2.05, 4.69) is 106 Å². The summed E-state index contributed by atoms with van der Waals surface area (Å²) < 4.78 is 2.59. The molecule has 2 atom stereocenters. The maximum atomic E-state index is 6.24. The van der Waals surface area contributed by atoms with Crippen molar-refractivity contribution in [3.05, 3.63) is 29.1 Å². The van der Waals surface area contributed by atoms with E-state index in [1.54, 1.807) is 0 Å². The first kappa shape index (κ1) is 24.2. The molecule has 0 saturated carbocycles. The van der Waals surface area contributed by atoms with Gasteiger partial charge in [-0.25, -0.2) is 0 Å². The summed E-state index contributed by atoms with van der Waals surface area (Å²) in [6.07, 6.45) is 0. The predicted molar refractivity (Wildman–Crippen MR) is 126 cm³/mol. The van der Waals surface area contributed by atoms with E-state index in [0.29, 0.717) is 18.4 Å². The zero-order valence-electron chi connectivity index (χ0n) is 21.4. The molecule has 0 fully saturated rings. The highest BCUT2D eigenvalue weighted by Gasteiger charge is 2.44. The second-order valence-electron chi connectivity index (χ2n) is 12.5. The van der Waals surface area contributed by atoms with Crippen LogP contribution in [-0.4, -0.2) is 16.7 Å². The molecule has 3 heteroatoms. The molecule has 0 N–H and O–H groups in total. The minimum atomic E-state index is -0.0316. The van der Waals surface area contributed by atoms with Gasteiger partial charge in [0.05, 0.1) is 11.7 Å². The Morgan fingerprint density at radius 2 is 1.52 bits per heavy atom. The molecule has 0 saturated heterocycles. The van der Waals surface area contributed by atoms with Crippen molar-refractivity contribution in [2.75, 3.05) is 7.05 Å². The summed E-state index contributed by atoms with van der Waals surface area (Å²) in [6, 6.07) is 0.186. The Bertz CT molecular complexity index is 763. The van der Waals surface area contributed by atoms with Crippen LogP contribution in [-0.2, 0) is 17.0 Å². The molecule has 0 spiro atoms. The lowest BCUT2D eigenvalue weighted by molar-refractivity contribution is -0.213. The summed E-state index contributed by atoms with van der Waals surface area (Å²) in [5, 5.41) is 2.08. The molecule has 166 valence electrons. The first-order valence-electron chi connectivity index (χ1n) is 11.2. The molecule has 0 bridgehead atoms. The van der Waals surface area contributed by atoms with E-state index in [4.69, 9.17) is 4.84 Å². The molecule has 0 amide bonds. The molecule has 0 aliphatic carbocycles. The van der Waals surface area contributed by atoms with Crippen LogP contribution in [0.5, 0.6) is 0 Å². The van der Waals surface area contributed by atoms with Crippen LogP contribution in [0.15, 0.2) is 6.58 Å². The van der Waals surface area contributed by atoms with Crippen molar-refractivity contribution >= 4 is 5.57 Å². The number of aromatic nitrogens is 1. The fourth-order valence-electron chi connectivity index (χ4n) is 4.71. The van der Waals surface area contributed by atoms with Crippen LogP contribution in [0.25, 0.3) is 5.57 Å². The largest absolute Gasteiger partial charge is 0.340 e. The average Bonchev–Trinajstić information content (AvgIpc) is 2.85. The highest BCUT2D eigenvalue weighted by Crippen LogP contribution is 2.52. The molecule has 1 aliphatic heterocycles. The molecule has 1 unspecified atom stereocenters. The molecule has 2 rings (SSSR count). The minimum absolute atomic E-state index is 0.0316. The van der Waals surface area contributed by atoms with Crippen LogP contribution < -0.4 is 0 Å². The smallest absolute Gasteiger partial charge is 0.109 e. The van der Waals surface area contributed by atoms with Crippen molar-refractivity contribution in [3.8, 4) is 0 Å². The van der Waals surface area contributed by atoms with E-state index < -0.39 is 0 Å². The number of hydroxylamine groups is 2. The van der Waals surface area contributed by atoms with Gasteiger partial charge in [0.1, 0.15) is 6.61 Å². The Labute approximate surface area is 180 Å². The van der Waals surface area contributed by atoms with Crippen LogP contribution in [0.2, 0.25) is 0 Å². The number of rotatable bonds is 3. The van der Waals surface area contributed by atoms with Crippen molar-refractivity contribution < 1.29 is 4.84 Å². The van der Waals surface area contributed by atoms with E-state index in [0.717, 1.165) is 0 Å². The average molecular weight is 403 g/mol. The standard InChI is InChI=1S/C26H46N2O/c1-16(2)17(3)20-21-19(15-29-27(14)23(21)25(8,9)10)28(26(11,12)13)22(20)18(4)24(5,6)7/h16,18,23H,3,15H2,1-2,4-14H3/t18-,23?/m1/s1. The van der Waals surface area contributed by atoms with Gasteiger partial charge in [-0.05, 0) is 43.1 Å². The molecule has 3 nitrogen and oxygen atoms in total. The fourth-order valence-corrected chi connectivity index (χ4v) is 4.71. The minimum Gasteiger partial charge on any atom is -0.340 e. The zero-order valence-corrected chi connectivity index (χ0v) is 21.4. The van der Waals surface area contributed by atoms with Gasteiger partial charge >= 0.3 is 0 Å². The zero-order chi connectivity index (χ0) is 22.7. The van der Waals surface area contributed by atoms with Crippen molar-refractivity contribution in [2.24, 2.45) is 16.7 Å². The first-order valence-corrected chi connectivity index (χ1v) is 11.2. The normalized spacial score (nSPS) is 20.1. The van der Waals surface area contributed by atoms with Crippen LogP contribution in [0.4, 0.5) is 0 Å². The van der Waals surface area contributed by atoms with Crippen molar-refractivity contribution in [1.29, 1.82) is 0 Å². The van der Waals surface area contributed by atoms with Gasteiger partial charge < -0.3 is 4.57 Å². The highest BCUT2D eigenvalue weighted by molar-refractivity contribution is 5.73. The highest BCUT2D eigenvalue weighted by atomic mass is 16.7. The first-order chi connectivity index (χ1) is 12.9. The van der Waals surface area contributed by atoms with E-state index in [1.165, 1.54) is 28.1 Å². The molecule has 0 aromatic carbocycles. The van der Waals surface area contributed by atoms with Crippen molar-refractivity contribution in [1.82, 2.24) is 9.63 Å². The molecule has 0 radical (unpaired) electrons. The van der Waals surface area contributed by atoms with Gasteiger partial charge in [0.25, 0.3) is 0 Å². The quantitative estimate of drug-likeness (QED) is 0.520. The second kappa shape index (κ2) is 7.57. The van der Waals surface area contributed by atoms with Gasteiger partial charge in [-0.1, -0.05) is 68.9 Å². The monoisotopic (exact) mass is 402 g/mol. The molecular formula is C26H46N2O. The van der Waals surface area contributed by atoms with Crippen LogP contribution in [0.1, 0.15) is 118 Å². The predicted octanol–water partition coefficient (Wildman–Crippen LogP) is 7.53. The number of hydrogen-bond acceptors (Lipinski definition) is 2. The molecular weight excluding hydrogens is 356 g/mol.